The molecule has 20 heavy (non-hydrogen) atoms. The van der Waals surface area contributed by atoms with Crippen LogP contribution < -0.4 is 16.0 Å². The Morgan fingerprint density at radius 1 is 1.35 bits per heavy atom. The summed E-state index contributed by atoms with van der Waals surface area (Å²) in [5.74, 6) is 0.808. The maximum atomic E-state index is 11.7. The van der Waals surface area contributed by atoms with Gasteiger partial charge in [-0.05, 0) is 31.0 Å². The van der Waals surface area contributed by atoms with Crippen LogP contribution in [0.4, 0.5) is 0 Å². The Labute approximate surface area is 118 Å². The van der Waals surface area contributed by atoms with Crippen LogP contribution in [0.25, 0.3) is 0 Å². The van der Waals surface area contributed by atoms with E-state index in [1.54, 1.807) is 17.8 Å². The molecule has 0 radical (unpaired) electrons. The molecule has 2 N–H and O–H groups in total. The molecule has 0 amide bonds. The summed E-state index contributed by atoms with van der Waals surface area (Å²) in [6, 6.07) is 9.25. The van der Waals surface area contributed by atoms with Gasteiger partial charge in [-0.25, -0.2) is 4.98 Å². The van der Waals surface area contributed by atoms with Crippen molar-refractivity contribution in [3.63, 3.8) is 0 Å². The monoisotopic (exact) mass is 273 g/mol. The second-order valence-electron chi connectivity index (χ2n) is 4.62. The van der Waals surface area contributed by atoms with Crippen molar-refractivity contribution in [3.8, 4) is 5.75 Å². The van der Waals surface area contributed by atoms with Crippen LogP contribution in [0.2, 0.25) is 0 Å². The van der Waals surface area contributed by atoms with Crippen LogP contribution in [-0.4, -0.2) is 16.2 Å². The highest BCUT2D eigenvalue weighted by atomic mass is 16.5. The number of aryl methyl sites for hydroxylation is 2. The van der Waals surface area contributed by atoms with Crippen LogP contribution in [0.5, 0.6) is 5.75 Å². The van der Waals surface area contributed by atoms with Gasteiger partial charge in [0.05, 0.1) is 12.9 Å². The Bertz CT molecular complexity index is 623. The van der Waals surface area contributed by atoms with Gasteiger partial charge in [0.2, 0.25) is 0 Å². The maximum Gasteiger partial charge on any atom is 0.253 e. The minimum Gasteiger partial charge on any atom is -0.494 e. The molecule has 1 aromatic heterocycles. The van der Waals surface area contributed by atoms with E-state index in [1.165, 1.54) is 6.07 Å². The van der Waals surface area contributed by atoms with Gasteiger partial charge < -0.3 is 10.5 Å². The zero-order valence-electron chi connectivity index (χ0n) is 11.6. The highest BCUT2D eigenvalue weighted by Gasteiger charge is 1.99. The molecule has 2 rings (SSSR count). The number of nitrogens with two attached hydrogens (primary N) is 1. The maximum absolute atomic E-state index is 11.7. The molecule has 1 aromatic carbocycles. The van der Waals surface area contributed by atoms with Crippen molar-refractivity contribution in [1.82, 2.24) is 9.55 Å². The molecule has 0 bridgehead atoms. The van der Waals surface area contributed by atoms with E-state index < -0.39 is 0 Å². The van der Waals surface area contributed by atoms with E-state index in [4.69, 9.17) is 10.5 Å². The molecular formula is C15H19N3O2. The predicted molar refractivity (Wildman–Crippen MR) is 77.7 cm³/mol. The van der Waals surface area contributed by atoms with E-state index in [0.717, 1.165) is 23.4 Å². The molecule has 0 unspecified atom stereocenters. The summed E-state index contributed by atoms with van der Waals surface area (Å²) in [6.07, 6.45) is 2.32. The third-order valence-corrected chi connectivity index (χ3v) is 2.96. The average Bonchev–Trinajstić information content (AvgIpc) is 2.45. The summed E-state index contributed by atoms with van der Waals surface area (Å²) in [7, 11) is 0. The van der Waals surface area contributed by atoms with Crippen molar-refractivity contribution >= 4 is 0 Å². The summed E-state index contributed by atoms with van der Waals surface area (Å²) >= 11 is 0. The summed E-state index contributed by atoms with van der Waals surface area (Å²) in [5, 5.41) is 0. The minimum absolute atomic E-state index is 0.0253. The van der Waals surface area contributed by atoms with E-state index in [1.807, 2.05) is 24.3 Å². The van der Waals surface area contributed by atoms with Gasteiger partial charge >= 0.3 is 0 Å². The molecule has 0 spiro atoms. The Kier molecular flexibility index (Phi) is 4.90. The first-order valence-electron chi connectivity index (χ1n) is 6.64. The second-order valence-corrected chi connectivity index (χ2v) is 4.62. The molecule has 5 heteroatoms. The topological polar surface area (TPSA) is 70.1 Å². The lowest BCUT2D eigenvalue weighted by Gasteiger charge is -2.08. The van der Waals surface area contributed by atoms with Crippen LogP contribution in [-0.2, 0) is 13.1 Å². The lowest BCUT2D eigenvalue weighted by Crippen LogP contribution is -2.21. The smallest absolute Gasteiger partial charge is 0.253 e. The first kappa shape index (κ1) is 14.3. The number of hydrogen-bond donors (Lipinski definition) is 1. The average molecular weight is 273 g/mol. The molecule has 5 nitrogen and oxygen atoms in total. The van der Waals surface area contributed by atoms with Crippen LogP contribution in [0, 0.1) is 6.92 Å². The SMILES string of the molecule is Cc1cc(=O)n(CCCOc2cccc(CN)c2)cn1. The van der Waals surface area contributed by atoms with E-state index in [0.29, 0.717) is 19.7 Å². The van der Waals surface area contributed by atoms with Gasteiger partial charge in [0.25, 0.3) is 5.56 Å². The zero-order chi connectivity index (χ0) is 14.4. The number of ether oxygens (including phenoxy) is 1. The van der Waals surface area contributed by atoms with Crippen LogP contribution in [0.1, 0.15) is 17.7 Å². The zero-order valence-corrected chi connectivity index (χ0v) is 11.6. The van der Waals surface area contributed by atoms with E-state index in [9.17, 15) is 4.79 Å². The quantitative estimate of drug-likeness (QED) is 0.809. The first-order valence-corrected chi connectivity index (χ1v) is 6.64. The Morgan fingerprint density at radius 3 is 2.95 bits per heavy atom. The van der Waals surface area contributed by atoms with Crippen LogP contribution in [0.15, 0.2) is 41.5 Å². The van der Waals surface area contributed by atoms with E-state index in [-0.39, 0.29) is 5.56 Å². The van der Waals surface area contributed by atoms with Gasteiger partial charge in [0, 0.05) is 24.8 Å². The Morgan fingerprint density at radius 2 is 2.20 bits per heavy atom. The molecule has 1 heterocycles. The van der Waals surface area contributed by atoms with E-state index in [2.05, 4.69) is 4.98 Å². The van der Waals surface area contributed by atoms with Crippen molar-refractivity contribution in [2.24, 2.45) is 5.73 Å². The van der Waals surface area contributed by atoms with E-state index >= 15 is 0 Å². The van der Waals surface area contributed by atoms with Crippen molar-refractivity contribution in [2.45, 2.75) is 26.4 Å². The highest BCUT2D eigenvalue weighted by molar-refractivity contribution is 5.28. The van der Waals surface area contributed by atoms with Gasteiger partial charge in [-0.15, -0.1) is 0 Å². The van der Waals surface area contributed by atoms with Gasteiger partial charge in [-0.1, -0.05) is 12.1 Å². The number of hydrogen-bond acceptors (Lipinski definition) is 4. The second kappa shape index (κ2) is 6.86. The van der Waals surface area contributed by atoms with Gasteiger partial charge in [-0.2, -0.15) is 0 Å². The molecule has 0 atom stereocenters. The number of rotatable bonds is 6. The number of nitrogens with zero attached hydrogens (tertiary/aromatic N) is 2. The molecule has 0 aliphatic heterocycles. The molecule has 0 fully saturated rings. The molecule has 0 aliphatic rings. The fourth-order valence-corrected chi connectivity index (χ4v) is 1.87. The lowest BCUT2D eigenvalue weighted by molar-refractivity contribution is 0.300. The Hall–Kier alpha value is -2.14. The van der Waals surface area contributed by atoms with Crippen molar-refractivity contribution in [3.05, 3.63) is 58.3 Å². The summed E-state index contributed by atoms with van der Waals surface area (Å²) in [5.41, 5.74) is 7.33. The summed E-state index contributed by atoms with van der Waals surface area (Å²) in [4.78, 5) is 15.8. The molecule has 0 aliphatic carbocycles. The predicted octanol–water partition coefficient (Wildman–Crippen LogP) is 1.48. The van der Waals surface area contributed by atoms with Crippen molar-refractivity contribution < 1.29 is 4.74 Å². The largest absolute Gasteiger partial charge is 0.494 e. The molecule has 2 aromatic rings. The third kappa shape index (κ3) is 3.93. The van der Waals surface area contributed by atoms with Crippen LogP contribution in [0.3, 0.4) is 0 Å². The van der Waals surface area contributed by atoms with Crippen molar-refractivity contribution in [2.75, 3.05) is 6.61 Å². The fourth-order valence-electron chi connectivity index (χ4n) is 1.87. The van der Waals surface area contributed by atoms with Gasteiger partial charge in [0.1, 0.15) is 5.75 Å². The standard InChI is InChI=1S/C15H19N3O2/c1-12-8-15(19)18(11-17-12)6-3-7-20-14-5-2-4-13(9-14)10-16/h2,4-5,8-9,11H,3,6-7,10,16H2,1H3. The minimum atomic E-state index is -0.0253. The number of benzene rings is 1. The normalized spacial score (nSPS) is 10.5. The molecular weight excluding hydrogens is 254 g/mol. The Balaban J connectivity index is 1.82. The first-order chi connectivity index (χ1) is 9.69. The molecule has 0 saturated carbocycles. The third-order valence-electron chi connectivity index (χ3n) is 2.96. The van der Waals surface area contributed by atoms with Crippen molar-refractivity contribution in [1.29, 1.82) is 0 Å². The fraction of sp³-hybridized carbons (Fsp3) is 0.333. The lowest BCUT2D eigenvalue weighted by atomic mass is 10.2. The molecule has 0 saturated heterocycles. The van der Waals surface area contributed by atoms with Gasteiger partial charge in [-0.3, -0.25) is 9.36 Å². The summed E-state index contributed by atoms with van der Waals surface area (Å²) < 4.78 is 7.23. The highest BCUT2D eigenvalue weighted by Crippen LogP contribution is 2.13. The molecule has 106 valence electrons. The van der Waals surface area contributed by atoms with Crippen LogP contribution >= 0.6 is 0 Å². The van der Waals surface area contributed by atoms with Gasteiger partial charge in [0.15, 0.2) is 0 Å². The number of aromatic nitrogens is 2. The summed E-state index contributed by atoms with van der Waals surface area (Å²) in [6.45, 7) is 3.46.